The zero-order chi connectivity index (χ0) is 13.4. The number of nitrogens with zero attached hydrogens (tertiary/aromatic N) is 2. The molecule has 2 aliphatic heterocycles. The van der Waals surface area contributed by atoms with E-state index in [9.17, 15) is 5.11 Å². The molecule has 2 aliphatic rings. The van der Waals surface area contributed by atoms with Gasteiger partial charge in [-0.3, -0.25) is 0 Å². The number of fused-ring (bicyclic) bond motifs is 1. The molecule has 3 rings (SSSR count). The van der Waals surface area contributed by atoms with Crippen LogP contribution in [0.3, 0.4) is 0 Å². The van der Waals surface area contributed by atoms with E-state index in [0.717, 1.165) is 31.6 Å². The molecule has 102 valence electrons. The molecule has 19 heavy (non-hydrogen) atoms. The van der Waals surface area contributed by atoms with Gasteiger partial charge in [-0.1, -0.05) is 24.6 Å². The second-order valence-corrected chi connectivity index (χ2v) is 5.58. The summed E-state index contributed by atoms with van der Waals surface area (Å²) in [7, 11) is 0. The highest BCUT2D eigenvalue weighted by molar-refractivity contribution is 6.32. The van der Waals surface area contributed by atoms with Gasteiger partial charge in [-0.25, -0.2) is 0 Å². The highest BCUT2D eigenvalue weighted by Crippen LogP contribution is 2.35. The maximum absolute atomic E-state index is 9.51. The van der Waals surface area contributed by atoms with E-state index in [1.54, 1.807) is 6.07 Å². The molecule has 0 bridgehead atoms. The minimum atomic E-state index is 0.128. The summed E-state index contributed by atoms with van der Waals surface area (Å²) < 4.78 is 0. The molecule has 1 saturated heterocycles. The highest BCUT2D eigenvalue weighted by atomic mass is 35.5. The van der Waals surface area contributed by atoms with Crippen molar-refractivity contribution in [3.8, 4) is 5.75 Å². The van der Waals surface area contributed by atoms with Gasteiger partial charge in [0.25, 0.3) is 0 Å². The van der Waals surface area contributed by atoms with Crippen molar-refractivity contribution >= 4 is 17.3 Å². The number of hydrazone groups is 1. The molecule has 1 aromatic rings. The van der Waals surface area contributed by atoms with Crippen molar-refractivity contribution in [1.82, 2.24) is 10.3 Å². The Labute approximate surface area is 118 Å². The number of phenolic OH excluding ortho intramolecular Hbond substituents is 1. The maximum atomic E-state index is 9.51. The fraction of sp³-hybridized carbons (Fsp3) is 0.500. The number of rotatable bonds is 2. The van der Waals surface area contributed by atoms with Gasteiger partial charge >= 0.3 is 0 Å². The Morgan fingerprint density at radius 2 is 2.37 bits per heavy atom. The normalized spacial score (nSPS) is 26.7. The molecule has 1 fully saturated rings. The first kappa shape index (κ1) is 12.8. The number of halogens is 1. The van der Waals surface area contributed by atoms with Gasteiger partial charge in [-0.2, -0.15) is 5.10 Å². The number of hydrogen-bond acceptors (Lipinski definition) is 4. The monoisotopic (exact) mass is 279 g/mol. The lowest BCUT2D eigenvalue weighted by Gasteiger charge is -2.32. The number of piperidine rings is 1. The van der Waals surface area contributed by atoms with E-state index in [2.05, 4.69) is 22.4 Å². The van der Waals surface area contributed by atoms with Crippen molar-refractivity contribution < 1.29 is 5.11 Å². The maximum Gasteiger partial charge on any atom is 0.134 e. The molecule has 0 aromatic heterocycles. The van der Waals surface area contributed by atoms with Gasteiger partial charge in [0.1, 0.15) is 5.75 Å². The quantitative estimate of drug-likeness (QED) is 0.874. The minimum absolute atomic E-state index is 0.128. The summed E-state index contributed by atoms with van der Waals surface area (Å²) in [6, 6.07) is 5.57. The van der Waals surface area contributed by atoms with E-state index in [1.807, 2.05) is 12.1 Å². The summed E-state index contributed by atoms with van der Waals surface area (Å²) in [5.74, 6) is 0.540. The van der Waals surface area contributed by atoms with Gasteiger partial charge in [0.15, 0.2) is 0 Å². The van der Waals surface area contributed by atoms with Crippen molar-refractivity contribution in [2.75, 3.05) is 19.6 Å². The zero-order valence-electron chi connectivity index (χ0n) is 10.9. The molecule has 1 aromatic carbocycles. The Morgan fingerprint density at radius 3 is 3.11 bits per heavy atom. The Morgan fingerprint density at radius 1 is 1.53 bits per heavy atom. The lowest BCUT2D eigenvalue weighted by Crippen LogP contribution is -2.41. The molecule has 0 saturated carbocycles. The van der Waals surface area contributed by atoms with E-state index in [4.69, 9.17) is 11.6 Å². The van der Waals surface area contributed by atoms with Crippen LogP contribution < -0.4 is 5.43 Å². The smallest absolute Gasteiger partial charge is 0.134 e. The Hall–Kier alpha value is -1.26. The summed E-state index contributed by atoms with van der Waals surface area (Å²) in [5, 5.41) is 14.4. The van der Waals surface area contributed by atoms with E-state index >= 15 is 0 Å². The van der Waals surface area contributed by atoms with Crippen molar-refractivity contribution in [3.05, 3.63) is 28.8 Å². The Kier molecular flexibility index (Phi) is 3.37. The summed E-state index contributed by atoms with van der Waals surface area (Å²) in [5.41, 5.74) is 5.58. The molecule has 0 radical (unpaired) electrons. The van der Waals surface area contributed by atoms with Gasteiger partial charge in [0.2, 0.25) is 0 Å². The third-order valence-corrected chi connectivity index (χ3v) is 4.40. The average molecular weight is 280 g/mol. The largest absolute Gasteiger partial charge is 0.506 e. The number of phenols is 1. The van der Waals surface area contributed by atoms with Gasteiger partial charge in [0, 0.05) is 31.1 Å². The molecular formula is C14H18ClN3O. The lowest BCUT2D eigenvalue weighted by molar-refractivity contribution is 0.238. The fourth-order valence-corrected chi connectivity index (χ4v) is 3.11. The zero-order valence-corrected chi connectivity index (χ0v) is 11.7. The minimum Gasteiger partial charge on any atom is -0.506 e. The van der Waals surface area contributed by atoms with Crippen LogP contribution >= 0.6 is 11.6 Å². The van der Waals surface area contributed by atoms with Crippen LogP contribution in [0.15, 0.2) is 23.3 Å². The number of likely N-dealkylation sites (tertiary alicyclic amines) is 1. The predicted molar refractivity (Wildman–Crippen MR) is 76.6 cm³/mol. The van der Waals surface area contributed by atoms with Crippen LogP contribution in [0.2, 0.25) is 5.02 Å². The van der Waals surface area contributed by atoms with Crippen LogP contribution in [-0.4, -0.2) is 35.4 Å². The van der Waals surface area contributed by atoms with Crippen LogP contribution in [0.5, 0.6) is 5.75 Å². The third kappa shape index (κ3) is 2.30. The number of nitrogens with one attached hydrogen (secondary N) is 1. The second kappa shape index (κ2) is 5.02. The molecule has 2 N–H and O–H groups in total. The SMILES string of the molecule is CCN1CCC2=NNC(c3ccc(O)c(Cl)c3)C2C1. The number of benzene rings is 1. The molecular weight excluding hydrogens is 262 g/mol. The van der Waals surface area contributed by atoms with Gasteiger partial charge in [0.05, 0.1) is 11.1 Å². The topological polar surface area (TPSA) is 47.9 Å². The molecule has 2 heterocycles. The highest BCUT2D eigenvalue weighted by Gasteiger charge is 2.36. The molecule has 5 heteroatoms. The molecule has 2 unspecified atom stereocenters. The Balaban J connectivity index is 1.84. The summed E-state index contributed by atoms with van der Waals surface area (Å²) in [6.45, 7) is 5.39. The van der Waals surface area contributed by atoms with Crippen LogP contribution in [0.1, 0.15) is 24.9 Å². The number of aromatic hydroxyl groups is 1. The van der Waals surface area contributed by atoms with Crippen molar-refractivity contribution in [1.29, 1.82) is 0 Å². The van der Waals surface area contributed by atoms with Crippen LogP contribution in [0, 0.1) is 5.92 Å². The first-order chi connectivity index (χ1) is 9.19. The van der Waals surface area contributed by atoms with Crippen LogP contribution in [0.25, 0.3) is 0 Å². The Bertz CT molecular complexity index is 517. The van der Waals surface area contributed by atoms with E-state index < -0.39 is 0 Å². The van der Waals surface area contributed by atoms with Crippen LogP contribution in [-0.2, 0) is 0 Å². The van der Waals surface area contributed by atoms with Gasteiger partial charge in [-0.15, -0.1) is 0 Å². The van der Waals surface area contributed by atoms with Crippen LogP contribution in [0.4, 0.5) is 0 Å². The third-order valence-electron chi connectivity index (χ3n) is 4.09. The second-order valence-electron chi connectivity index (χ2n) is 5.17. The van der Waals surface area contributed by atoms with Crippen molar-refractivity contribution in [2.24, 2.45) is 11.0 Å². The average Bonchev–Trinajstić information content (AvgIpc) is 2.84. The summed E-state index contributed by atoms with van der Waals surface area (Å²) in [6.07, 6.45) is 1.04. The lowest BCUT2D eigenvalue weighted by atomic mass is 9.86. The first-order valence-electron chi connectivity index (χ1n) is 6.71. The van der Waals surface area contributed by atoms with Gasteiger partial charge < -0.3 is 15.4 Å². The van der Waals surface area contributed by atoms with E-state index in [0.29, 0.717) is 10.9 Å². The molecule has 4 nitrogen and oxygen atoms in total. The molecule has 0 aliphatic carbocycles. The van der Waals surface area contributed by atoms with E-state index in [-0.39, 0.29) is 11.8 Å². The summed E-state index contributed by atoms with van der Waals surface area (Å²) >= 11 is 6.00. The van der Waals surface area contributed by atoms with E-state index in [1.165, 1.54) is 5.71 Å². The molecule has 2 atom stereocenters. The number of hydrogen-bond donors (Lipinski definition) is 2. The van der Waals surface area contributed by atoms with Crippen molar-refractivity contribution in [2.45, 2.75) is 19.4 Å². The fourth-order valence-electron chi connectivity index (χ4n) is 2.92. The molecule has 0 amide bonds. The molecule has 0 spiro atoms. The van der Waals surface area contributed by atoms with Gasteiger partial charge in [-0.05, 0) is 24.2 Å². The van der Waals surface area contributed by atoms with Crippen molar-refractivity contribution in [3.63, 3.8) is 0 Å². The predicted octanol–water partition coefficient (Wildman–Crippen LogP) is 2.39. The standard InChI is InChI=1S/C14H18ClN3O/c1-2-18-6-5-12-10(8-18)14(17-16-12)9-3-4-13(19)11(15)7-9/h3-4,7,10,14,17,19H,2,5-6,8H2,1H3. The first-order valence-corrected chi connectivity index (χ1v) is 7.09. The summed E-state index contributed by atoms with van der Waals surface area (Å²) in [4.78, 5) is 2.45.